The summed E-state index contributed by atoms with van der Waals surface area (Å²) in [6.45, 7) is 1.95. The van der Waals surface area contributed by atoms with Gasteiger partial charge in [0.2, 0.25) is 15.9 Å². The number of sulfonamides is 1. The molecule has 1 saturated heterocycles. The number of aryl methyl sites for hydroxylation is 1. The van der Waals surface area contributed by atoms with Crippen molar-refractivity contribution in [1.29, 1.82) is 0 Å². The topological polar surface area (TPSA) is 168 Å². The second-order valence-corrected chi connectivity index (χ2v) is 11.7. The van der Waals surface area contributed by atoms with Crippen molar-refractivity contribution in [2.75, 3.05) is 0 Å². The molecule has 5 rings (SSSR count). The maximum Gasteiger partial charge on any atom is 0.490 e. The Morgan fingerprint density at radius 3 is 2.32 bits per heavy atom. The molecule has 1 fully saturated rings. The molecule has 0 saturated carbocycles. The summed E-state index contributed by atoms with van der Waals surface area (Å²) in [7, 11) is -3.74. The average Bonchev–Trinajstić information content (AvgIpc) is 3.51. The molecule has 1 aromatic heterocycles. The molecule has 0 aliphatic carbocycles. The minimum absolute atomic E-state index is 0.0983. The number of carboxylic acid groups (broad SMARTS) is 1. The molecule has 232 valence electrons. The summed E-state index contributed by atoms with van der Waals surface area (Å²) in [6, 6.07) is 21.9. The molecular weight excluding hydrogens is 605 g/mol. The van der Waals surface area contributed by atoms with Crippen LogP contribution in [0, 0.1) is 6.92 Å². The second kappa shape index (κ2) is 13.2. The summed E-state index contributed by atoms with van der Waals surface area (Å²) in [5.74, 6) is -2.68. The van der Waals surface area contributed by atoms with Crippen LogP contribution >= 0.6 is 0 Å². The number of imidazole rings is 1. The largest absolute Gasteiger partial charge is 0.490 e. The molecule has 3 aromatic carbocycles. The van der Waals surface area contributed by atoms with Gasteiger partial charge in [0.05, 0.1) is 23.5 Å². The molecule has 2 atom stereocenters. The number of aliphatic carboxylic acids is 1. The lowest BCUT2D eigenvalue weighted by Gasteiger charge is -2.18. The molecule has 0 spiro atoms. The molecule has 1 aliphatic rings. The number of ether oxygens (including phenoxy) is 1. The number of carbonyl (C=O) groups is 3. The van der Waals surface area contributed by atoms with Gasteiger partial charge in [-0.3, -0.25) is 9.52 Å². The number of H-pyrrole nitrogens is 1. The summed E-state index contributed by atoms with van der Waals surface area (Å²) >= 11 is 0. The van der Waals surface area contributed by atoms with E-state index < -0.39 is 45.5 Å². The standard InChI is InChI=1S/C27H26N4O5S.C2HF3O2/c1-17-13-19(11-12-20(17)24-15-25(32)31-37(24,34)35)14-23(26-28-21-9-5-6-10-22(21)29-26)30-27(33)36-16-18-7-3-2-4-8-18;3-2(4,5)1(6)7/h2-13,23-24H,14-16H2,1H3,(H,28,29)(H,30,33)(H,31,32);(H,6,7)/t23-,24?;/m0./s1. The molecule has 2 heterocycles. The fourth-order valence-corrected chi connectivity index (χ4v) is 6.06. The lowest BCUT2D eigenvalue weighted by Crippen LogP contribution is -2.31. The minimum Gasteiger partial charge on any atom is -0.475 e. The molecule has 1 aliphatic heterocycles. The lowest BCUT2D eigenvalue weighted by molar-refractivity contribution is -0.192. The van der Waals surface area contributed by atoms with E-state index in [1.165, 1.54) is 0 Å². The van der Waals surface area contributed by atoms with Gasteiger partial charge in [-0.05, 0) is 41.3 Å². The molecule has 4 N–H and O–H groups in total. The Kier molecular flexibility index (Phi) is 9.57. The number of hydrogen-bond donors (Lipinski definition) is 4. The highest BCUT2D eigenvalue weighted by Crippen LogP contribution is 2.33. The normalized spacial score (nSPS) is 16.4. The highest BCUT2D eigenvalue weighted by atomic mass is 32.2. The Balaban J connectivity index is 0.000000566. The highest BCUT2D eigenvalue weighted by Gasteiger charge is 2.39. The van der Waals surface area contributed by atoms with Crippen molar-refractivity contribution in [3.05, 3.63) is 101 Å². The number of nitrogens with one attached hydrogen (secondary N) is 3. The van der Waals surface area contributed by atoms with Gasteiger partial charge in [0.15, 0.2) is 0 Å². The number of rotatable bonds is 7. The maximum absolute atomic E-state index is 12.7. The Hall–Kier alpha value is -4.92. The third-order valence-corrected chi connectivity index (χ3v) is 8.29. The first-order valence-electron chi connectivity index (χ1n) is 13.1. The van der Waals surface area contributed by atoms with Gasteiger partial charge in [0.25, 0.3) is 0 Å². The number of alkyl halides is 3. The number of aromatic nitrogens is 2. The van der Waals surface area contributed by atoms with E-state index in [0.29, 0.717) is 17.8 Å². The van der Waals surface area contributed by atoms with E-state index in [2.05, 4.69) is 20.0 Å². The number of aromatic amines is 1. The van der Waals surface area contributed by atoms with Gasteiger partial charge < -0.3 is 20.1 Å². The number of fused-ring (bicyclic) bond motifs is 1. The van der Waals surface area contributed by atoms with Gasteiger partial charge in [-0.25, -0.2) is 23.0 Å². The van der Waals surface area contributed by atoms with E-state index in [1.54, 1.807) is 6.07 Å². The van der Waals surface area contributed by atoms with Crippen LogP contribution in [-0.2, 0) is 37.4 Å². The zero-order chi connectivity index (χ0) is 32.1. The molecule has 4 aromatic rings. The van der Waals surface area contributed by atoms with E-state index in [9.17, 15) is 31.2 Å². The Bertz CT molecular complexity index is 1740. The van der Waals surface area contributed by atoms with Gasteiger partial charge >= 0.3 is 18.2 Å². The quantitative estimate of drug-likeness (QED) is 0.229. The Morgan fingerprint density at radius 2 is 1.73 bits per heavy atom. The summed E-state index contributed by atoms with van der Waals surface area (Å²) in [4.78, 5) is 41.2. The van der Waals surface area contributed by atoms with Crippen LogP contribution in [0.3, 0.4) is 0 Å². The van der Waals surface area contributed by atoms with Gasteiger partial charge in [0.1, 0.15) is 17.7 Å². The Morgan fingerprint density at radius 1 is 1.07 bits per heavy atom. The van der Waals surface area contributed by atoms with Crippen LogP contribution in [0.5, 0.6) is 0 Å². The van der Waals surface area contributed by atoms with Gasteiger partial charge in [-0.2, -0.15) is 13.2 Å². The summed E-state index contributed by atoms with van der Waals surface area (Å²) in [5.41, 5.74) is 4.69. The highest BCUT2D eigenvalue weighted by molar-refractivity contribution is 7.90. The van der Waals surface area contributed by atoms with Gasteiger partial charge in [0, 0.05) is 6.42 Å². The van der Waals surface area contributed by atoms with Crippen LogP contribution < -0.4 is 10.0 Å². The molecule has 0 bridgehead atoms. The van der Waals surface area contributed by atoms with E-state index >= 15 is 0 Å². The number of amides is 2. The van der Waals surface area contributed by atoms with Crippen LogP contribution in [0.15, 0.2) is 72.8 Å². The van der Waals surface area contributed by atoms with E-state index in [1.807, 2.05) is 73.7 Å². The summed E-state index contributed by atoms with van der Waals surface area (Å²) in [5, 5.41) is 9.13. The smallest absolute Gasteiger partial charge is 0.475 e. The number of nitrogens with zero attached hydrogens (tertiary/aromatic N) is 1. The monoisotopic (exact) mass is 632 g/mol. The van der Waals surface area contributed by atoms with Crippen LogP contribution in [0.2, 0.25) is 0 Å². The number of para-hydroxylation sites is 2. The fourth-order valence-electron chi connectivity index (χ4n) is 4.55. The summed E-state index contributed by atoms with van der Waals surface area (Å²) in [6.07, 6.45) is -5.38. The zero-order valence-electron chi connectivity index (χ0n) is 23.1. The number of halogens is 3. The van der Waals surface area contributed by atoms with Crippen molar-refractivity contribution in [3.63, 3.8) is 0 Å². The number of carboxylic acids is 1. The van der Waals surface area contributed by atoms with Crippen LogP contribution in [0.4, 0.5) is 18.0 Å². The van der Waals surface area contributed by atoms with Gasteiger partial charge in [-0.15, -0.1) is 0 Å². The van der Waals surface area contributed by atoms with Crippen molar-refractivity contribution >= 4 is 39.0 Å². The number of alkyl carbamates (subject to hydrolysis) is 1. The first-order valence-corrected chi connectivity index (χ1v) is 14.6. The minimum atomic E-state index is -5.08. The van der Waals surface area contributed by atoms with E-state index in [4.69, 9.17) is 14.6 Å². The van der Waals surface area contributed by atoms with Crippen molar-refractivity contribution in [2.45, 2.75) is 43.8 Å². The SMILES string of the molecule is Cc1cc(C[C@H](NC(=O)OCc2ccccc2)c2nc3ccccc3[nH]2)ccc1C1CC(=O)NS1(=O)=O.O=C(O)C(F)(F)F. The predicted octanol–water partition coefficient (Wildman–Crippen LogP) is 4.61. The molecular formula is C29H27F3N4O7S. The first kappa shape index (κ1) is 32.0. The molecule has 44 heavy (non-hydrogen) atoms. The Labute approximate surface area is 249 Å². The predicted molar refractivity (Wildman–Crippen MR) is 152 cm³/mol. The second-order valence-electron chi connectivity index (χ2n) is 9.86. The van der Waals surface area contributed by atoms with Crippen LogP contribution in [-0.4, -0.2) is 47.6 Å². The van der Waals surface area contributed by atoms with Crippen molar-refractivity contribution in [1.82, 2.24) is 20.0 Å². The van der Waals surface area contributed by atoms with E-state index in [0.717, 1.165) is 27.7 Å². The molecule has 0 radical (unpaired) electrons. The third kappa shape index (κ3) is 8.12. The van der Waals surface area contributed by atoms with Crippen LogP contribution in [0.25, 0.3) is 11.0 Å². The maximum atomic E-state index is 12.7. The van der Waals surface area contributed by atoms with Crippen molar-refractivity contribution in [3.8, 4) is 0 Å². The molecule has 11 nitrogen and oxygen atoms in total. The molecule has 1 unspecified atom stereocenters. The van der Waals surface area contributed by atoms with Crippen LogP contribution in [0.1, 0.15) is 45.8 Å². The lowest BCUT2D eigenvalue weighted by atomic mass is 9.97. The fraction of sp³-hybridized carbons (Fsp3) is 0.241. The average molecular weight is 633 g/mol. The molecule has 15 heteroatoms. The molecule has 2 amide bonds. The van der Waals surface area contributed by atoms with Crippen molar-refractivity contribution in [2.24, 2.45) is 0 Å². The summed E-state index contributed by atoms with van der Waals surface area (Å²) < 4.78 is 63.9. The van der Waals surface area contributed by atoms with Crippen molar-refractivity contribution < 1.29 is 45.8 Å². The first-order chi connectivity index (χ1) is 20.7. The number of benzene rings is 3. The van der Waals surface area contributed by atoms with E-state index in [-0.39, 0.29) is 13.0 Å². The number of hydrogen-bond acceptors (Lipinski definition) is 7. The number of carbonyl (C=O) groups excluding carboxylic acids is 2. The zero-order valence-corrected chi connectivity index (χ0v) is 23.9. The van der Waals surface area contributed by atoms with Gasteiger partial charge in [-0.1, -0.05) is 60.7 Å². The third-order valence-electron chi connectivity index (χ3n) is 6.61.